The van der Waals surface area contributed by atoms with E-state index in [9.17, 15) is 18.0 Å². The summed E-state index contributed by atoms with van der Waals surface area (Å²) >= 11 is 1.36. The van der Waals surface area contributed by atoms with Gasteiger partial charge in [0.05, 0.1) is 24.8 Å². The molecule has 2 heterocycles. The van der Waals surface area contributed by atoms with Crippen LogP contribution in [0.3, 0.4) is 0 Å². The van der Waals surface area contributed by atoms with E-state index < -0.39 is 27.9 Å². The molecule has 0 spiro atoms. The number of carbonyl (C=O) groups excluding carboxylic acids is 1. The summed E-state index contributed by atoms with van der Waals surface area (Å²) in [4.78, 5) is 24.3. The normalized spacial score (nSPS) is 24.2. The second-order valence-electron chi connectivity index (χ2n) is 4.79. The van der Waals surface area contributed by atoms with E-state index >= 15 is 0 Å². The third-order valence-electron chi connectivity index (χ3n) is 3.43. The minimum absolute atomic E-state index is 0.190. The number of carboxylic acid groups (broad SMARTS) is 1. The van der Waals surface area contributed by atoms with Gasteiger partial charge in [-0.2, -0.15) is 4.31 Å². The van der Waals surface area contributed by atoms with Gasteiger partial charge < -0.3 is 14.7 Å². The van der Waals surface area contributed by atoms with Gasteiger partial charge in [-0.1, -0.05) is 0 Å². The maximum absolute atomic E-state index is 12.1. The van der Waals surface area contributed by atoms with Gasteiger partial charge in [0.1, 0.15) is 6.04 Å². The molecule has 0 radical (unpaired) electrons. The standard InChI is InChI=1S/C11H18N2O6S2/c14-10(13-8-20-7-9(13)11(15)16)1-6-21(17,18)12-2-4-19-5-3-12/h9H,1-8H2,(H,15,16)/t9-/m0/s1. The van der Waals surface area contributed by atoms with Crippen molar-refractivity contribution in [3.63, 3.8) is 0 Å². The van der Waals surface area contributed by atoms with Crippen molar-refractivity contribution in [2.45, 2.75) is 12.5 Å². The van der Waals surface area contributed by atoms with Crippen LogP contribution in [0.25, 0.3) is 0 Å². The zero-order chi connectivity index (χ0) is 15.5. The lowest BCUT2D eigenvalue weighted by Gasteiger charge is -2.26. The lowest BCUT2D eigenvalue weighted by molar-refractivity contribution is -0.147. The first-order valence-corrected chi connectivity index (χ1v) is 9.34. The molecule has 21 heavy (non-hydrogen) atoms. The molecule has 120 valence electrons. The highest BCUT2D eigenvalue weighted by atomic mass is 32.2. The van der Waals surface area contributed by atoms with Crippen molar-refractivity contribution in [2.24, 2.45) is 0 Å². The number of carbonyl (C=O) groups is 2. The molecule has 2 aliphatic heterocycles. The fraction of sp³-hybridized carbons (Fsp3) is 0.818. The van der Waals surface area contributed by atoms with Crippen LogP contribution in [-0.4, -0.2) is 84.3 Å². The van der Waals surface area contributed by atoms with Crippen LogP contribution in [0.2, 0.25) is 0 Å². The minimum Gasteiger partial charge on any atom is -0.480 e. The summed E-state index contributed by atoms with van der Waals surface area (Å²) in [6.45, 7) is 1.32. The van der Waals surface area contributed by atoms with E-state index in [1.807, 2.05) is 0 Å². The fourth-order valence-corrected chi connectivity index (χ4v) is 4.77. The first-order chi connectivity index (χ1) is 9.92. The molecule has 10 heteroatoms. The van der Waals surface area contributed by atoms with Gasteiger partial charge in [0, 0.05) is 25.3 Å². The Bertz CT molecular complexity index is 503. The van der Waals surface area contributed by atoms with Crippen LogP contribution in [0.4, 0.5) is 0 Å². The Labute approximate surface area is 127 Å². The van der Waals surface area contributed by atoms with Gasteiger partial charge in [-0.25, -0.2) is 13.2 Å². The lowest BCUT2D eigenvalue weighted by atomic mass is 10.3. The lowest BCUT2D eigenvalue weighted by Crippen LogP contribution is -2.44. The molecule has 0 aromatic rings. The van der Waals surface area contributed by atoms with E-state index in [0.29, 0.717) is 37.9 Å². The molecule has 2 rings (SSSR count). The molecule has 1 N–H and O–H groups in total. The maximum atomic E-state index is 12.1. The number of ether oxygens (including phenoxy) is 1. The monoisotopic (exact) mass is 338 g/mol. The van der Waals surface area contributed by atoms with Crippen molar-refractivity contribution in [3.05, 3.63) is 0 Å². The second kappa shape index (κ2) is 6.95. The van der Waals surface area contributed by atoms with Crippen molar-refractivity contribution in [3.8, 4) is 0 Å². The number of nitrogens with zero attached hydrogens (tertiary/aromatic N) is 2. The Morgan fingerprint density at radius 3 is 2.57 bits per heavy atom. The largest absolute Gasteiger partial charge is 0.480 e. The first kappa shape index (κ1) is 16.5. The highest BCUT2D eigenvalue weighted by Crippen LogP contribution is 2.22. The zero-order valence-corrected chi connectivity index (χ0v) is 13.1. The Hall–Kier alpha value is -0.840. The van der Waals surface area contributed by atoms with Crippen molar-refractivity contribution < 1.29 is 27.9 Å². The van der Waals surface area contributed by atoms with Gasteiger partial charge in [0.25, 0.3) is 0 Å². The van der Waals surface area contributed by atoms with Crippen LogP contribution < -0.4 is 0 Å². The van der Waals surface area contributed by atoms with Crippen molar-refractivity contribution in [1.82, 2.24) is 9.21 Å². The molecule has 0 saturated carbocycles. The van der Waals surface area contributed by atoms with Gasteiger partial charge in [-0.05, 0) is 0 Å². The molecular formula is C11H18N2O6S2. The summed E-state index contributed by atoms with van der Waals surface area (Å²) in [6.07, 6.45) is -0.190. The van der Waals surface area contributed by atoms with E-state index in [1.165, 1.54) is 21.0 Å². The van der Waals surface area contributed by atoms with Gasteiger partial charge in [0.15, 0.2) is 0 Å². The quantitative estimate of drug-likeness (QED) is 0.687. The highest BCUT2D eigenvalue weighted by molar-refractivity contribution is 7.99. The molecule has 0 aliphatic carbocycles. The second-order valence-corrected chi connectivity index (χ2v) is 7.88. The Balaban J connectivity index is 1.89. The van der Waals surface area contributed by atoms with E-state index in [-0.39, 0.29) is 12.2 Å². The number of aliphatic carboxylic acids is 1. The Morgan fingerprint density at radius 1 is 1.29 bits per heavy atom. The number of hydrogen-bond donors (Lipinski definition) is 1. The van der Waals surface area contributed by atoms with Crippen molar-refractivity contribution in [2.75, 3.05) is 43.7 Å². The van der Waals surface area contributed by atoms with E-state index in [4.69, 9.17) is 9.84 Å². The summed E-state index contributed by atoms with van der Waals surface area (Å²) in [6, 6.07) is -0.853. The SMILES string of the molecule is O=C(O)[C@@H]1CSCN1C(=O)CCS(=O)(=O)N1CCOCC1. The molecule has 1 amide bonds. The molecule has 2 aliphatic rings. The summed E-state index contributed by atoms with van der Waals surface area (Å²) in [5, 5.41) is 9.02. The number of amides is 1. The molecule has 8 nitrogen and oxygen atoms in total. The third-order valence-corrected chi connectivity index (χ3v) is 6.31. The van der Waals surface area contributed by atoms with Crippen LogP contribution in [0.1, 0.15) is 6.42 Å². The topological polar surface area (TPSA) is 104 Å². The van der Waals surface area contributed by atoms with E-state index in [1.54, 1.807) is 0 Å². The van der Waals surface area contributed by atoms with Crippen LogP contribution in [0.15, 0.2) is 0 Å². The highest BCUT2D eigenvalue weighted by Gasteiger charge is 2.35. The van der Waals surface area contributed by atoms with E-state index in [0.717, 1.165) is 0 Å². The number of thioether (sulfide) groups is 1. The molecule has 1 atom stereocenters. The summed E-state index contributed by atoms with van der Waals surface area (Å²) in [5.74, 6) is -1.13. The zero-order valence-electron chi connectivity index (χ0n) is 11.4. The van der Waals surface area contributed by atoms with Crippen molar-refractivity contribution in [1.29, 1.82) is 0 Å². The van der Waals surface area contributed by atoms with Gasteiger partial charge in [-0.15, -0.1) is 11.8 Å². The molecule has 2 saturated heterocycles. The molecule has 0 aromatic carbocycles. The first-order valence-electron chi connectivity index (χ1n) is 6.57. The van der Waals surface area contributed by atoms with Gasteiger partial charge in [-0.3, -0.25) is 4.79 Å². The van der Waals surface area contributed by atoms with Crippen LogP contribution in [0, 0.1) is 0 Å². The predicted molar refractivity (Wildman–Crippen MR) is 76.4 cm³/mol. The fourth-order valence-electron chi connectivity index (χ4n) is 2.21. The molecule has 2 fully saturated rings. The number of rotatable bonds is 5. The Kier molecular flexibility index (Phi) is 5.47. The summed E-state index contributed by atoms with van der Waals surface area (Å²) in [5.41, 5.74) is 0. The summed E-state index contributed by atoms with van der Waals surface area (Å²) < 4.78 is 30.6. The maximum Gasteiger partial charge on any atom is 0.327 e. The van der Waals surface area contributed by atoms with Gasteiger partial charge >= 0.3 is 5.97 Å². The third kappa shape index (κ3) is 4.09. The average Bonchev–Trinajstić information content (AvgIpc) is 2.95. The molecule has 0 unspecified atom stereocenters. The smallest absolute Gasteiger partial charge is 0.327 e. The molecule has 0 aromatic heterocycles. The minimum atomic E-state index is -3.49. The summed E-state index contributed by atoms with van der Waals surface area (Å²) in [7, 11) is -3.49. The number of carboxylic acids is 1. The van der Waals surface area contributed by atoms with E-state index in [2.05, 4.69) is 0 Å². The molecular weight excluding hydrogens is 320 g/mol. The number of hydrogen-bond acceptors (Lipinski definition) is 6. The van der Waals surface area contributed by atoms with Crippen LogP contribution >= 0.6 is 11.8 Å². The predicted octanol–water partition coefficient (Wildman–Crippen LogP) is -0.975. The van der Waals surface area contributed by atoms with Crippen LogP contribution in [0.5, 0.6) is 0 Å². The number of sulfonamides is 1. The van der Waals surface area contributed by atoms with Crippen molar-refractivity contribution >= 4 is 33.7 Å². The molecule has 0 bridgehead atoms. The average molecular weight is 338 g/mol. The number of morpholine rings is 1. The Morgan fingerprint density at radius 2 is 1.95 bits per heavy atom. The van der Waals surface area contributed by atoms with Crippen LogP contribution in [-0.2, 0) is 24.3 Å². The van der Waals surface area contributed by atoms with Gasteiger partial charge in [0.2, 0.25) is 15.9 Å².